The Bertz CT molecular complexity index is 641. The largest absolute Gasteiger partial charge is 0.493 e. The second-order valence-corrected chi connectivity index (χ2v) is 4.67. The average molecular weight is 343 g/mol. The van der Waals surface area contributed by atoms with Crippen molar-refractivity contribution >= 4 is 21.9 Å². The predicted molar refractivity (Wildman–Crippen MR) is 71.0 cm³/mol. The Labute approximate surface area is 122 Å². The third-order valence-electron chi connectivity index (χ3n) is 2.39. The number of rotatable bonds is 5. The van der Waals surface area contributed by atoms with E-state index in [-0.39, 0.29) is 12.2 Å². The first kappa shape index (κ1) is 14.3. The highest BCUT2D eigenvalue weighted by molar-refractivity contribution is 9.10. The molecule has 0 aliphatic carbocycles. The van der Waals surface area contributed by atoms with Crippen LogP contribution in [0, 0.1) is 6.92 Å². The lowest BCUT2D eigenvalue weighted by molar-refractivity contribution is 0.0696. The van der Waals surface area contributed by atoms with Crippen LogP contribution in [0.25, 0.3) is 0 Å². The number of nitrogens with zero attached hydrogens (tertiary/aromatic N) is 2. The molecule has 0 saturated carbocycles. The molecule has 0 spiro atoms. The molecule has 0 atom stereocenters. The van der Waals surface area contributed by atoms with E-state index in [1.54, 1.807) is 6.92 Å². The van der Waals surface area contributed by atoms with Gasteiger partial charge in [0.15, 0.2) is 18.1 Å². The van der Waals surface area contributed by atoms with Gasteiger partial charge in [0.05, 0.1) is 17.1 Å². The highest BCUT2D eigenvalue weighted by atomic mass is 79.9. The van der Waals surface area contributed by atoms with Crippen molar-refractivity contribution in [1.29, 1.82) is 0 Å². The highest BCUT2D eigenvalue weighted by Crippen LogP contribution is 2.37. The Hall–Kier alpha value is -2.09. The molecule has 0 bridgehead atoms. The topological polar surface area (TPSA) is 94.7 Å². The molecular formula is C12H11BrN2O5. The van der Waals surface area contributed by atoms with Crippen LogP contribution in [-0.4, -0.2) is 28.3 Å². The molecular weight excluding hydrogens is 332 g/mol. The van der Waals surface area contributed by atoms with Gasteiger partial charge in [-0.15, -0.1) is 0 Å². The van der Waals surface area contributed by atoms with E-state index in [0.717, 1.165) is 0 Å². The van der Waals surface area contributed by atoms with Crippen molar-refractivity contribution in [2.45, 2.75) is 13.5 Å². The number of halogens is 1. The number of benzene rings is 1. The molecule has 0 radical (unpaired) electrons. The van der Waals surface area contributed by atoms with Crippen LogP contribution in [0.3, 0.4) is 0 Å². The van der Waals surface area contributed by atoms with Crippen LogP contribution < -0.4 is 9.47 Å². The number of aromatic carboxylic acids is 1. The maximum atomic E-state index is 11.0. The first-order valence-electron chi connectivity index (χ1n) is 5.54. The van der Waals surface area contributed by atoms with Gasteiger partial charge in [-0.05, 0) is 28.1 Å². The summed E-state index contributed by atoms with van der Waals surface area (Å²) in [5.41, 5.74) is 0.0940. The monoisotopic (exact) mass is 342 g/mol. The van der Waals surface area contributed by atoms with Gasteiger partial charge in [-0.25, -0.2) is 4.79 Å². The fourth-order valence-corrected chi connectivity index (χ4v) is 2.08. The number of aryl methyl sites for hydroxylation is 1. The molecule has 0 amide bonds. The number of hydrogen-bond acceptors (Lipinski definition) is 6. The van der Waals surface area contributed by atoms with Crippen LogP contribution in [0.4, 0.5) is 0 Å². The summed E-state index contributed by atoms with van der Waals surface area (Å²) in [5.74, 6) is 0.455. The molecule has 1 aromatic carbocycles. The van der Waals surface area contributed by atoms with Gasteiger partial charge in [0, 0.05) is 6.92 Å². The molecule has 106 valence electrons. The van der Waals surface area contributed by atoms with E-state index in [1.165, 1.54) is 19.2 Å². The standard InChI is InChI=1S/C12H11BrN2O5/c1-6-14-10(15-20-6)5-19-11-8(13)3-7(12(16)17)4-9(11)18-2/h3-4H,5H2,1-2H3,(H,16,17). The van der Waals surface area contributed by atoms with Gasteiger partial charge in [0.1, 0.15) is 0 Å². The van der Waals surface area contributed by atoms with Crippen molar-refractivity contribution in [2.75, 3.05) is 7.11 Å². The van der Waals surface area contributed by atoms with Crippen LogP contribution in [0.5, 0.6) is 11.5 Å². The minimum absolute atomic E-state index is 0.0821. The van der Waals surface area contributed by atoms with E-state index < -0.39 is 5.97 Å². The number of ether oxygens (including phenoxy) is 2. The van der Waals surface area contributed by atoms with Crippen LogP contribution >= 0.6 is 15.9 Å². The number of carboxylic acid groups (broad SMARTS) is 1. The summed E-state index contributed by atoms with van der Waals surface area (Å²) in [5, 5.41) is 12.7. The fourth-order valence-electron chi connectivity index (χ4n) is 1.52. The fraction of sp³-hybridized carbons (Fsp3) is 0.250. The zero-order valence-electron chi connectivity index (χ0n) is 10.7. The van der Waals surface area contributed by atoms with Crippen LogP contribution in [0.1, 0.15) is 22.1 Å². The molecule has 1 aromatic heterocycles. The van der Waals surface area contributed by atoms with Crippen LogP contribution in [0.15, 0.2) is 21.1 Å². The average Bonchev–Trinajstić information content (AvgIpc) is 2.82. The van der Waals surface area contributed by atoms with Crippen LogP contribution in [-0.2, 0) is 6.61 Å². The Morgan fingerprint density at radius 1 is 1.50 bits per heavy atom. The molecule has 0 saturated heterocycles. The molecule has 8 heteroatoms. The molecule has 7 nitrogen and oxygen atoms in total. The Balaban J connectivity index is 2.24. The summed E-state index contributed by atoms with van der Waals surface area (Å²) in [6.45, 7) is 1.76. The van der Waals surface area contributed by atoms with E-state index >= 15 is 0 Å². The molecule has 2 aromatic rings. The quantitative estimate of drug-likeness (QED) is 0.891. The molecule has 20 heavy (non-hydrogen) atoms. The number of carbonyl (C=O) groups is 1. The highest BCUT2D eigenvalue weighted by Gasteiger charge is 2.16. The molecule has 1 heterocycles. The third-order valence-corrected chi connectivity index (χ3v) is 2.98. The third kappa shape index (κ3) is 3.08. The first-order valence-corrected chi connectivity index (χ1v) is 6.33. The molecule has 0 aliphatic heterocycles. The summed E-state index contributed by atoms with van der Waals surface area (Å²) < 4.78 is 16.0. The lowest BCUT2D eigenvalue weighted by Crippen LogP contribution is -2.03. The van der Waals surface area contributed by atoms with Gasteiger partial charge in [-0.3, -0.25) is 0 Å². The van der Waals surface area contributed by atoms with Gasteiger partial charge in [-0.1, -0.05) is 5.16 Å². The van der Waals surface area contributed by atoms with Crippen molar-refractivity contribution in [2.24, 2.45) is 0 Å². The molecule has 0 aliphatic rings. The maximum Gasteiger partial charge on any atom is 0.335 e. The molecule has 0 fully saturated rings. The smallest absolute Gasteiger partial charge is 0.335 e. The van der Waals surface area contributed by atoms with Crippen molar-refractivity contribution in [1.82, 2.24) is 10.1 Å². The van der Waals surface area contributed by atoms with Crippen LogP contribution in [0.2, 0.25) is 0 Å². The minimum Gasteiger partial charge on any atom is -0.493 e. The van der Waals surface area contributed by atoms with E-state index in [9.17, 15) is 4.79 Å². The Morgan fingerprint density at radius 2 is 2.25 bits per heavy atom. The second kappa shape index (κ2) is 5.91. The number of methoxy groups -OCH3 is 1. The lowest BCUT2D eigenvalue weighted by Gasteiger charge is -2.12. The Kier molecular flexibility index (Phi) is 4.23. The second-order valence-electron chi connectivity index (χ2n) is 3.81. The van der Waals surface area contributed by atoms with Crippen molar-refractivity contribution < 1.29 is 23.9 Å². The molecule has 2 rings (SSSR count). The first-order chi connectivity index (χ1) is 9.51. The van der Waals surface area contributed by atoms with Gasteiger partial charge < -0.3 is 19.1 Å². The van der Waals surface area contributed by atoms with Gasteiger partial charge in [0.25, 0.3) is 0 Å². The normalized spacial score (nSPS) is 10.3. The zero-order chi connectivity index (χ0) is 14.7. The van der Waals surface area contributed by atoms with E-state index in [2.05, 4.69) is 26.1 Å². The predicted octanol–water partition coefficient (Wildman–Crippen LogP) is 2.43. The summed E-state index contributed by atoms with van der Waals surface area (Å²) in [6, 6.07) is 2.81. The maximum absolute atomic E-state index is 11.0. The SMILES string of the molecule is COc1cc(C(=O)O)cc(Br)c1OCc1noc(C)n1. The Morgan fingerprint density at radius 3 is 2.80 bits per heavy atom. The van der Waals surface area contributed by atoms with Crippen molar-refractivity contribution in [3.8, 4) is 11.5 Å². The van der Waals surface area contributed by atoms with Gasteiger partial charge in [-0.2, -0.15) is 4.98 Å². The number of hydrogen-bond donors (Lipinski definition) is 1. The molecule has 1 N–H and O–H groups in total. The van der Waals surface area contributed by atoms with Gasteiger partial charge >= 0.3 is 5.97 Å². The van der Waals surface area contributed by atoms with E-state index in [0.29, 0.717) is 27.7 Å². The number of carboxylic acids is 1. The molecule has 0 unspecified atom stereocenters. The van der Waals surface area contributed by atoms with E-state index in [4.69, 9.17) is 19.1 Å². The summed E-state index contributed by atoms with van der Waals surface area (Å²) in [4.78, 5) is 15.0. The van der Waals surface area contributed by atoms with Crippen molar-refractivity contribution in [3.05, 3.63) is 33.9 Å². The summed E-state index contributed by atoms with van der Waals surface area (Å²) in [7, 11) is 1.43. The summed E-state index contributed by atoms with van der Waals surface area (Å²) >= 11 is 3.25. The minimum atomic E-state index is -1.05. The van der Waals surface area contributed by atoms with Crippen molar-refractivity contribution in [3.63, 3.8) is 0 Å². The lowest BCUT2D eigenvalue weighted by atomic mass is 10.2. The van der Waals surface area contributed by atoms with Gasteiger partial charge in [0.2, 0.25) is 11.7 Å². The number of aromatic nitrogens is 2. The summed E-state index contributed by atoms with van der Waals surface area (Å²) in [6.07, 6.45) is 0. The zero-order valence-corrected chi connectivity index (χ0v) is 12.3. The van der Waals surface area contributed by atoms with E-state index in [1.807, 2.05) is 0 Å².